The number of rotatable bonds is 8. The van der Waals surface area contributed by atoms with Gasteiger partial charge in [0.25, 0.3) is 5.69 Å². The van der Waals surface area contributed by atoms with Crippen molar-refractivity contribution in [3.63, 3.8) is 0 Å². The fourth-order valence-electron chi connectivity index (χ4n) is 3.52. The number of hydrogen-bond acceptors (Lipinski definition) is 5. The molecule has 0 aliphatic carbocycles. The summed E-state index contributed by atoms with van der Waals surface area (Å²) in [5, 5.41) is 14.4. The first-order valence-corrected chi connectivity index (χ1v) is 9.40. The third-order valence-corrected chi connectivity index (χ3v) is 4.95. The van der Waals surface area contributed by atoms with Gasteiger partial charge in [-0.3, -0.25) is 19.8 Å². The first-order valence-electron chi connectivity index (χ1n) is 9.40. The Morgan fingerprint density at radius 3 is 2.78 bits per heavy atom. The minimum absolute atomic E-state index is 0. The molecule has 3 N–H and O–H groups in total. The standard InChI is InChI=1S/C19H30N4O3.ClH/c1-14(2)17-7-6-15(11-18(17)23(25)26)13-22-10-4-3-5-16(22)12-21-19(24)8-9-20;/h6-7,11,14,16H,3-5,8-10,12-13,20H2,1-2H3,(H,21,24);1H. The number of carbonyl (C=O) groups is 1. The van der Waals surface area contributed by atoms with Gasteiger partial charge in [-0.1, -0.05) is 32.4 Å². The highest BCUT2D eigenvalue weighted by Gasteiger charge is 2.24. The lowest BCUT2D eigenvalue weighted by Gasteiger charge is -2.36. The molecule has 0 radical (unpaired) electrons. The highest BCUT2D eigenvalue weighted by Crippen LogP contribution is 2.28. The van der Waals surface area contributed by atoms with E-state index in [0.29, 0.717) is 26.1 Å². The van der Waals surface area contributed by atoms with E-state index in [1.807, 2.05) is 26.0 Å². The lowest BCUT2D eigenvalue weighted by atomic mass is 9.97. The van der Waals surface area contributed by atoms with Crippen molar-refractivity contribution in [3.05, 3.63) is 39.4 Å². The van der Waals surface area contributed by atoms with Gasteiger partial charge < -0.3 is 11.1 Å². The van der Waals surface area contributed by atoms with Crippen molar-refractivity contribution >= 4 is 24.0 Å². The monoisotopic (exact) mass is 398 g/mol. The van der Waals surface area contributed by atoms with Crippen LogP contribution in [0, 0.1) is 10.1 Å². The molecule has 1 aliphatic heterocycles. The van der Waals surface area contributed by atoms with Crippen LogP contribution in [-0.4, -0.2) is 41.4 Å². The Kier molecular flexibility index (Phi) is 9.69. The summed E-state index contributed by atoms with van der Waals surface area (Å²) in [6, 6.07) is 5.82. The number of piperidine rings is 1. The fraction of sp³-hybridized carbons (Fsp3) is 0.632. The highest BCUT2D eigenvalue weighted by atomic mass is 35.5. The predicted octanol–water partition coefficient (Wildman–Crippen LogP) is 2.96. The molecule has 27 heavy (non-hydrogen) atoms. The highest BCUT2D eigenvalue weighted by molar-refractivity contribution is 5.85. The van der Waals surface area contributed by atoms with Crippen LogP contribution in [0.2, 0.25) is 0 Å². The van der Waals surface area contributed by atoms with Gasteiger partial charge in [0.2, 0.25) is 5.91 Å². The number of nitrogens with zero attached hydrogens (tertiary/aromatic N) is 2. The third kappa shape index (κ3) is 6.75. The summed E-state index contributed by atoms with van der Waals surface area (Å²) in [5.41, 5.74) is 7.32. The lowest BCUT2D eigenvalue weighted by Crippen LogP contribution is -2.46. The summed E-state index contributed by atoms with van der Waals surface area (Å²) in [7, 11) is 0. The van der Waals surface area contributed by atoms with Gasteiger partial charge in [-0.15, -0.1) is 12.4 Å². The SMILES string of the molecule is CC(C)c1ccc(CN2CCCCC2CNC(=O)CCN)cc1[N+](=O)[O-].Cl. The molecule has 7 nitrogen and oxygen atoms in total. The van der Waals surface area contributed by atoms with Crippen LogP contribution >= 0.6 is 12.4 Å². The van der Waals surface area contributed by atoms with Crippen LogP contribution < -0.4 is 11.1 Å². The molecular weight excluding hydrogens is 368 g/mol. The van der Waals surface area contributed by atoms with E-state index in [1.165, 1.54) is 0 Å². The molecule has 1 unspecified atom stereocenters. The normalized spacial score (nSPS) is 17.4. The van der Waals surface area contributed by atoms with Crippen molar-refractivity contribution < 1.29 is 9.72 Å². The van der Waals surface area contributed by atoms with Crippen LogP contribution in [0.5, 0.6) is 0 Å². The van der Waals surface area contributed by atoms with Crippen LogP contribution in [0.25, 0.3) is 0 Å². The van der Waals surface area contributed by atoms with Crippen molar-refractivity contribution in [2.45, 2.75) is 58.0 Å². The number of carbonyl (C=O) groups excluding carboxylic acids is 1. The Bertz CT molecular complexity index is 639. The first-order chi connectivity index (χ1) is 12.4. The Morgan fingerprint density at radius 2 is 2.15 bits per heavy atom. The number of nitro benzene ring substituents is 1. The number of nitro groups is 1. The van der Waals surface area contributed by atoms with E-state index in [2.05, 4.69) is 10.2 Å². The maximum atomic E-state index is 11.7. The minimum Gasteiger partial charge on any atom is -0.354 e. The van der Waals surface area contributed by atoms with Gasteiger partial charge in [-0.2, -0.15) is 0 Å². The molecular formula is C19H31ClN4O3. The molecule has 1 aromatic carbocycles. The Balaban J connectivity index is 0.00000364. The van der Waals surface area contributed by atoms with Gasteiger partial charge in [-0.05, 0) is 30.9 Å². The Morgan fingerprint density at radius 1 is 1.41 bits per heavy atom. The minimum atomic E-state index is -0.292. The smallest absolute Gasteiger partial charge is 0.273 e. The molecule has 2 rings (SSSR count). The molecule has 0 aromatic heterocycles. The second kappa shape index (κ2) is 11.2. The van der Waals surface area contributed by atoms with Crippen molar-refractivity contribution in [2.24, 2.45) is 5.73 Å². The van der Waals surface area contributed by atoms with Gasteiger partial charge in [0.15, 0.2) is 0 Å². The molecule has 1 aliphatic rings. The predicted molar refractivity (Wildman–Crippen MR) is 109 cm³/mol. The van der Waals surface area contributed by atoms with E-state index in [0.717, 1.165) is 36.9 Å². The van der Waals surface area contributed by atoms with Crippen molar-refractivity contribution in [2.75, 3.05) is 19.6 Å². The number of hydrogen-bond donors (Lipinski definition) is 2. The van der Waals surface area contributed by atoms with Crippen LogP contribution in [-0.2, 0) is 11.3 Å². The zero-order valence-electron chi connectivity index (χ0n) is 16.1. The molecule has 1 amide bonds. The fourth-order valence-corrected chi connectivity index (χ4v) is 3.52. The third-order valence-electron chi connectivity index (χ3n) is 4.95. The number of halogens is 1. The van der Waals surface area contributed by atoms with E-state index in [4.69, 9.17) is 5.73 Å². The van der Waals surface area contributed by atoms with E-state index >= 15 is 0 Å². The zero-order chi connectivity index (χ0) is 19.1. The van der Waals surface area contributed by atoms with E-state index in [1.54, 1.807) is 6.07 Å². The Labute approximate surface area is 167 Å². The van der Waals surface area contributed by atoms with E-state index in [9.17, 15) is 14.9 Å². The summed E-state index contributed by atoms with van der Waals surface area (Å²) in [5.74, 6) is 0.0971. The summed E-state index contributed by atoms with van der Waals surface area (Å²) in [6.07, 6.45) is 3.62. The molecule has 8 heteroatoms. The second-order valence-corrected chi connectivity index (χ2v) is 7.27. The quantitative estimate of drug-likeness (QED) is 0.517. The molecule has 0 saturated carbocycles. The van der Waals surface area contributed by atoms with Crippen molar-refractivity contribution in [1.29, 1.82) is 0 Å². The summed E-state index contributed by atoms with van der Waals surface area (Å²) in [4.78, 5) is 25.1. The number of likely N-dealkylation sites (tertiary alicyclic amines) is 1. The summed E-state index contributed by atoms with van der Waals surface area (Å²) in [6.45, 7) is 6.49. The van der Waals surface area contributed by atoms with Gasteiger partial charge in [-0.25, -0.2) is 0 Å². The van der Waals surface area contributed by atoms with Crippen LogP contribution in [0.15, 0.2) is 18.2 Å². The number of benzene rings is 1. The van der Waals surface area contributed by atoms with Gasteiger partial charge in [0, 0.05) is 43.7 Å². The molecule has 1 heterocycles. The second-order valence-electron chi connectivity index (χ2n) is 7.27. The maximum absolute atomic E-state index is 11.7. The van der Waals surface area contributed by atoms with Crippen LogP contribution in [0.3, 0.4) is 0 Å². The van der Waals surface area contributed by atoms with Crippen molar-refractivity contribution in [3.8, 4) is 0 Å². The molecule has 1 atom stereocenters. The van der Waals surface area contributed by atoms with Gasteiger partial charge in [0.1, 0.15) is 0 Å². The number of nitrogens with one attached hydrogen (secondary N) is 1. The van der Waals surface area contributed by atoms with Crippen LogP contribution in [0.4, 0.5) is 5.69 Å². The average Bonchev–Trinajstić information content (AvgIpc) is 2.61. The first kappa shape index (κ1) is 23.3. The van der Waals surface area contributed by atoms with Gasteiger partial charge >= 0.3 is 0 Å². The molecule has 0 bridgehead atoms. The number of amides is 1. The van der Waals surface area contributed by atoms with Gasteiger partial charge in [0.05, 0.1) is 4.92 Å². The molecule has 1 saturated heterocycles. The largest absolute Gasteiger partial charge is 0.354 e. The van der Waals surface area contributed by atoms with Crippen molar-refractivity contribution in [1.82, 2.24) is 10.2 Å². The maximum Gasteiger partial charge on any atom is 0.273 e. The number of nitrogens with two attached hydrogens (primary N) is 1. The van der Waals surface area contributed by atoms with Crippen LogP contribution in [0.1, 0.15) is 56.6 Å². The topological polar surface area (TPSA) is 102 Å². The molecule has 1 fully saturated rings. The molecule has 152 valence electrons. The Hall–Kier alpha value is -1.70. The van der Waals surface area contributed by atoms with E-state index in [-0.39, 0.29) is 40.9 Å². The summed E-state index contributed by atoms with van der Waals surface area (Å²) < 4.78 is 0. The molecule has 0 spiro atoms. The zero-order valence-corrected chi connectivity index (χ0v) is 17.0. The molecule has 1 aromatic rings. The summed E-state index contributed by atoms with van der Waals surface area (Å²) >= 11 is 0. The lowest BCUT2D eigenvalue weighted by molar-refractivity contribution is -0.385. The van der Waals surface area contributed by atoms with E-state index < -0.39 is 0 Å². The average molecular weight is 399 g/mol.